The molecule has 0 bridgehead atoms. The second-order valence-electron chi connectivity index (χ2n) is 10.2. The molecule has 0 unspecified atom stereocenters. The van der Waals surface area contributed by atoms with Crippen molar-refractivity contribution in [2.75, 3.05) is 31.7 Å². The molecule has 0 saturated carbocycles. The molecule has 0 aliphatic carbocycles. The Hall–Kier alpha value is -5.50. The van der Waals surface area contributed by atoms with E-state index in [4.69, 9.17) is 5.73 Å². The smallest absolute Gasteiger partial charge is 0.266 e. The van der Waals surface area contributed by atoms with E-state index in [1.165, 1.54) is 22.6 Å². The lowest BCUT2D eigenvalue weighted by Gasteiger charge is -2.10. The third-order valence-corrected chi connectivity index (χ3v) is 6.50. The molecule has 12 nitrogen and oxygen atoms in total. The second-order valence-corrected chi connectivity index (χ2v) is 10.2. The average Bonchev–Trinajstić information content (AvgIpc) is 3.36. The summed E-state index contributed by atoms with van der Waals surface area (Å²) in [5.41, 5.74) is 8.31. The van der Waals surface area contributed by atoms with Crippen molar-refractivity contribution in [3.05, 3.63) is 118 Å². The monoisotopic (exact) mass is 600 g/mol. The van der Waals surface area contributed by atoms with Crippen molar-refractivity contribution in [1.29, 1.82) is 0 Å². The van der Waals surface area contributed by atoms with Crippen LogP contribution in [0, 0.1) is 11.6 Å². The molecule has 5 rings (SSSR count). The van der Waals surface area contributed by atoms with E-state index in [-0.39, 0.29) is 24.6 Å². The summed E-state index contributed by atoms with van der Waals surface area (Å²) < 4.78 is 29.4. The molecule has 5 aromatic rings. The Balaban J connectivity index is 1.20. The van der Waals surface area contributed by atoms with Crippen LogP contribution in [0.4, 0.5) is 26.4 Å². The number of hydrogen-bond acceptors (Lipinski definition) is 9. The van der Waals surface area contributed by atoms with Crippen LogP contribution in [0.2, 0.25) is 0 Å². The molecule has 0 atom stereocenters. The number of nitrogens with zero attached hydrogens (tertiary/aromatic N) is 7. The van der Waals surface area contributed by atoms with Crippen LogP contribution < -0.4 is 21.9 Å². The van der Waals surface area contributed by atoms with Crippen LogP contribution in [-0.4, -0.2) is 60.7 Å². The van der Waals surface area contributed by atoms with Gasteiger partial charge in [-0.15, -0.1) is 5.10 Å². The maximum atomic E-state index is 13.6. The first-order valence-electron chi connectivity index (χ1n) is 13.6. The summed E-state index contributed by atoms with van der Waals surface area (Å²) >= 11 is 0. The van der Waals surface area contributed by atoms with Gasteiger partial charge in [0.25, 0.3) is 11.5 Å². The number of nitrogens with two attached hydrogens (primary N) is 1. The molecule has 3 aromatic heterocycles. The summed E-state index contributed by atoms with van der Waals surface area (Å²) in [6.45, 7) is 0.930. The Labute approximate surface area is 251 Å². The molecule has 0 aliphatic heterocycles. The maximum Gasteiger partial charge on any atom is 0.266 e. The van der Waals surface area contributed by atoms with Crippen molar-refractivity contribution in [1.82, 2.24) is 39.5 Å². The topological polar surface area (TPSA) is 149 Å². The van der Waals surface area contributed by atoms with Crippen LogP contribution in [0.5, 0.6) is 0 Å². The molecule has 14 heteroatoms. The molecule has 226 valence electrons. The van der Waals surface area contributed by atoms with Crippen LogP contribution >= 0.6 is 0 Å². The lowest BCUT2D eigenvalue weighted by molar-refractivity contribution is 0.0951. The van der Waals surface area contributed by atoms with E-state index >= 15 is 0 Å². The number of benzene rings is 2. The summed E-state index contributed by atoms with van der Waals surface area (Å²) in [5, 5.41) is 10.3. The quantitative estimate of drug-likeness (QED) is 0.208. The zero-order valence-corrected chi connectivity index (χ0v) is 24.0. The summed E-state index contributed by atoms with van der Waals surface area (Å²) in [4.78, 5) is 40.5. The number of amides is 1. The fraction of sp³-hybridized carbons (Fsp3) is 0.200. The van der Waals surface area contributed by atoms with Gasteiger partial charge in [-0.05, 0) is 61.6 Å². The number of hydrogen-bond donors (Lipinski definition) is 3. The van der Waals surface area contributed by atoms with Crippen LogP contribution in [0.15, 0.2) is 78.0 Å². The zero-order valence-electron chi connectivity index (χ0n) is 24.0. The Morgan fingerprint density at radius 2 is 1.77 bits per heavy atom. The van der Waals surface area contributed by atoms with Crippen molar-refractivity contribution in [3.63, 3.8) is 0 Å². The van der Waals surface area contributed by atoms with Crippen LogP contribution in [-0.2, 0) is 19.5 Å². The molecule has 44 heavy (non-hydrogen) atoms. The minimum absolute atomic E-state index is 0.0768. The summed E-state index contributed by atoms with van der Waals surface area (Å²) in [6.07, 6.45) is 2.74. The lowest BCUT2D eigenvalue weighted by atomic mass is 10.2. The minimum Gasteiger partial charge on any atom is -0.368 e. The Bertz CT molecular complexity index is 1840. The van der Waals surface area contributed by atoms with Crippen LogP contribution in [0.25, 0.3) is 5.82 Å². The first-order valence-corrected chi connectivity index (χ1v) is 13.6. The largest absolute Gasteiger partial charge is 0.368 e. The number of pyridine rings is 1. The summed E-state index contributed by atoms with van der Waals surface area (Å²) in [7, 11) is 4.02. The SMILES string of the molecule is CN(C)Cc1ccc(Nc2nc(N)n(-c3cccc(CCNC(=O)c4cncn(Cc5ccc(F)c(F)c5)c4=O)n3)n2)cc1. The Morgan fingerprint density at radius 1 is 1.00 bits per heavy atom. The van der Waals surface area contributed by atoms with Gasteiger partial charge in [-0.3, -0.25) is 14.2 Å². The number of halogens is 2. The maximum absolute atomic E-state index is 13.6. The van der Waals surface area contributed by atoms with E-state index in [0.29, 0.717) is 29.4 Å². The molecule has 3 heterocycles. The van der Waals surface area contributed by atoms with E-state index in [9.17, 15) is 18.4 Å². The average molecular weight is 601 g/mol. The van der Waals surface area contributed by atoms with E-state index in [0.717, 1.165) is 35.1 Å². The number of nitrogen functional groups attached to an aromatic ring is 1. The van der Waals surface area contributed by atoms with Gasteiger partial charge in [-0.25, -0.2) is 18.7 Å². The van der Waals surface area contributed by atoms with Gasteiger partial charge < -0.3 is 21.3 Å². The highest BCUT2D eigenvalue weighted by Crippen LogP contribution is 2.18. The zero-order chi connectivity index (χ0) is 31.2. The van der Waals surface area contributed by atoms with E-state index in [1.54, 1.807) is 18.2 Å². The van der Waals surface area contributed by atoms with Crippen molar-refractivity contribution in [2.24, 2.45) is 0 Å². The van der Waals surface area contributed by atoms with Crippen LogP contribution in [0.1, 0.15) is 27.2 Å². The molecule has 4 N–H and O–H groups in total. The molecule has 0 fully saturated rings. The second kappa shape index (κ2) is 13.2. The number of rotatable bonds is 11. The van der Waals surface area contributed by atoms with Gasteiger partial charge in [0.1, 0.15) is 5.56 Å². The third kappa shape index (κ3) is 7.28. The summed E-state index contributed by atoms with van der Waals surface area (Å²) in [6, 6.07) is 16.6. The highest BCUT2D eigenvalue weighted by atomic mass is 19.2. The van der Waals surface area contributed by atoms with E-state index in [1.807, 2.05) is 38.4 Å². The van der Waals surface area contributed by atoms with Gasteiger partial charge in [-0.1, -0.05) is 24.3 Å². The molecule has 2 aromatic carbocycles. The third-order valence-electron chi connectivity index (χ3n) is 6.50. The number of aromatic nitrogens is 6. The van der Waals surface area contributed by atoms with Crippen LogP contribution in [0.3, 0.4) is 0 Å². The molecule has 0 spiro atoms. The summed E-state index contributed by atoms with van der Waals surface area (Å²) in [5.74, 6) is -1.73. The number of anilines is 3. The van der Waals surface area contributed by atoms with Gasteiger partial charge in [-0.2, -0.15) is 9.67 Å². The van der Waals surface area contributed by atoms with Crippen molar-refractivity contribution in [3.8, 4) is 5.82 Å². The van der Waals surface area contributed by atoms with Gasteiger partial charge >= 0.3 is 0 Å². The van der Waals surface area contributed by atoms with Gasteiger partial charge in [0.2, 0.25) is 11.9 Å². The molecular weight excluding hydrogens is 570 g/mol. The number of carbonyl (C=O) groups is 1. The fourth-order valence-corrected chi connectivity index (χ4v) is 4.41. The molecule has 0 aliphatic rings. The van der Waals surface area contributed by atoms with Crippen molar-refractivity contribution in [2.45, 2.75) is 19.5 Å². The highest BCUT2D eigenvalue weighted by molar-refractivity contribution is 5.93. The van der Waals surface area contributed by atoms with Gasteiger partial charge in [0, 0.05) is 37.1 Å². The van der Waals surface area contributed by atoms with E-state index < -0.39 is 23.1 Å². The van der Waals surface area contributed by atoms with Gasteiger partial charge in [0.15, 0.2) is 17.5 Å². The predicted molar refractivity (Wildman–Crippen MR) is 161 cm³/mol. The Morgan fingerprint density at radius 3 is 2.52 bits per heavy atom. The number of carbonyl (C=O) groups excluding carboxylic acids is 1. The van der Waals surface area contributed by atoms with E-state index in [2.05, 4.69) is 35.6 Å². The minimum atomic E-state index is -1.03. The lowest BCUT2D eigenvalue weighted by Crippen LogP contribution is -2.34. The Kier molecular flexibility index (Phi) is 9.00. The van der Waals surface area contributed by atoms with Crippen molar-refractivity contribution >= 4 is 23.5 Å². The van der Waals surface area contributed by atoms with Gasteiger partial charge in [0.05, 0.1) is 12.9 Å². The number of nitrogens with one attached hydrogen (secondary N) is 2. The fourth-order valence-electron chi connectivity index (χ4n) is 4.41. The molecule has 1 amide bonds. The predicted octanol–water partition coefficient (Wildman–Crippen LogP) is 2.91. The normalized spacial score (nSPS) is 11.1. The van der Waals surface area contributed by atoms with Crippen molar-refractivity contribution < 1.29 is 13.6 Å². The molecule has 0 saturated heterocycles. The first kappa shape index (κ1) is 30.0. The molecule has 0 radical (unpaired) electrons. The highest BCUT2D eigenvalue weighted by Gasteiger charge is 2.15. The first-order chi connectivity index (χ1) is 21.2. The molecular formula is C30H30F2N10O2. The standard InChI is InChI=1S/C30H30F2N10O2/c1-40(2)16-19-6-9-22(10-7-19)37-30-38-29(33)42(39-30)26-5-3-4-21(36-26)12-13-35-27(43)23-15-34-18-41(28(23)44)17-20-8-11-24(31)25(32)14-20/h3-11,14-15,18H,12-13,16-17H2,1-2H3,(H,35,43)(H3,33,37,38,39).